The second kappa shape index (κ2) is 8.80. The summed E-state index contributed by atoms with van der Waals surface area (Å²) in [6.45, 7) is 0.490. The van der Waals surface area contributed by atoms with Crippen LogP contribution in [0.2, 0.25) is 0 Å². The van der Waals surface area contributed by atoms with Gasteiger partial charge in [0.05, 0.1) is 12.8 Å². The molecule has 138 valence electrons. The van der Waals surface area contributed by atoms with Crippen molar-refractivity contribution in [2.24, 2.45) is 0 Å². The largest absolute Gasteiger partial charge is 0.497 e. The lowest BCUT2D eigenvalue weighted by Gasteiger charge is -2.09. The molecule has 3 rings (SSSR count). The summed E-state index contributed by atoms with van der Waals surface area (Å²) in [5, 5.41) is 5.76. The molecule has 0 unspecified atom stereocenters. The van der Waals surface area contributed by atoms with E-state index in [1.807, 2.05) is 24.3 Å². The lowest BCUT2D eigenvalue weighted by molar-refractivity contribution is 0.0954. The van der Waals surface area contributed by atoms with E-state index < -0.39 is 0 Å². The summed E-state index contributed by atoms with van der Waals surface area (Å²) >= 11 is 0. The topological polar surface area (TPSA) is 63.2 Å². The maximum absolute atomic E-state index is 13.7. The van der Waals surface area contributed by atoms with Crippen LogP contribution in [0.5, 0.6) is 5.75 Å². The summed E-state index contributed by atoms with van der Waals surface area (Å²) in [4.78, 5) is 16.5. The minimum Gasteiger partial charge on any atom is -0.497 e. The Hall–Kier alpha value is -3.41. The van der Waals surface area contributed by atoms with Crippen LogP contribution in [0.3, 0.4) is 0 Å². The first-order chi connectivity index (χ1) is 13.2. The zero-order chi connectivity index (χ0) is 19.1. The number of ether oxygens (including phenoxy) is 1. The van der Waals surface area contributed by atoms with E-state index in [4.69, 9.17) is 4.74 Å². The van der Waals surface area contributed by atoms with E-state index in [1.165, 1.54) is 12.3 Å². The van der Waals surface area contributed by atoms with Gasteiger partial charge in [0, 0.05) is 18.3 Å². The molecule has 0 saturated carbocycles. The van der Waals surface area contributed by atoms with Crippen LogP contribution in [-0.2, 0) is 6.42 Å². The fourth-order valence-electron chi connectivity index (χ4n) is 2.59. The summed E-state index contributed by atoms with van der Waals surface area (Å²) in [5.41, 5.74) is 1.83. The maximum atomic E-state index is 13.7. The van der Waals surface area contributed by atoms with E-state index in [0.717, 1.165) is 11.3 Å². The van der Waals surface area contributed by atoms with Gasteiger partial charge in [0.25, 0.3) is 5.91 Å². The van der Waals surface area contributed by atoms with Crippen LogP contribution in [0.4, 0.5) is 15.9 Å². The number of pyridine rings is 1. The van der Waals surface area contributed by atoms with Gasteiger partial charge < -0.3 is 15.4 Å². The molecule has 0 atom stereocenters. The van der Waals surface area contributed by atoms with Gasteiger partial charge in [-0.3, -0.25) is 4.79 Å². The Morgan fingerprint density at radius 1 is 1.11 bits per heavy atom. The predicted molar refractivity (Wildman–Crippen MR) is 103 cm³/mol. The van der Waals surface area contributed by atoms with Gasteiger partial charge in [0.1, 0.15) is 17.4 Å². The summed E-state index contributed by atoms with van der Waals surface area (Å²) in [5.74, 6) is 0.599. The van der Waals surface area contributed by atoms with Crippen molar-refractivity contribution < 1.29 is 13.9 Å². The monoisotopic (exact) mass is 365 g/mol. The number of hydrogen-bond donors (Lipinski definition) is 2. The van der Waals surface area contributed by atoms with Crippen molar-refractivity contribution in [1.29, 1.82) is 0 Å². The van der Waals surface area contributed by atoms with Crippen LogP contribution >= 0.6 is 0 Å². The lowest BCUT2D eigenvalue weighted by atomic mass is 10.1. The molecule has 1 aromatic heterocycles. The molecule has 0 radical (unpaired) electrons. The van der Waals surface area contributed by atoms with Gasteiger partial charge in [-0.05, 0) is 48.4 Å². The molecule has 0 bridgehead atoms. The number of benzene rings is 2. The first-order valence-electron chi connectivity index (χ1n) is 8.54. The van der Waals surface area contributed by atoms with E-state index in [0.29, 0.717) is 30.0 Å². The van der Waals surface area contributed by atoms with Gasteiger partial charge in [-0.1, -0.05) is 24.3 Å². The summed E-state index contributed by atoms with van der Waals surface area (Å²) in [7, 11) is 1.62. The molecule has 5 nitrogen and oxygen atoms in total. The van der Waals surface area contributed by atoms with Crippen LogP contribution in [0.25, 0.3) is 0 Å². The van der Waals surface area contributed by atoms with Crippen LogP contribution < -0.4 is 15.4 Å². The Labute approximate surface area is 157 Å². The minimum absolute atomic E-state index is 0.211. The Balaban J connectivity index is 1.59. The average Bonchev–Trinajstić information content (AvgIpc) is 2.70. The number of carbonyl (C=O) groups excluding carboxylic acids is 1. The summed E-state index contributed by atoms with van der Waals surface area (Å²) in [6.07, 6.45) is 2.20. The highest BCUT2D eigenvalue weighted by atomic mass is 19.1. The van der Waals surface area contributed by atoms with E-state index in [2.05, 4.69) is 15.6 Å². The first kappa shape index (κ1) is 18.4. The average molecular weight is 365 g/mol. The highest BCUT2D eigenvalue weighted by molar-refractivity contribution is 5.94. The van der Waals surface area contributed by atoms with E-state index in [-0.39, 0.29) is 11.7 Å². The maximum Gasteiger partial charge on any atom is 0.251 e. The number of nitrogens with one attached hydrogen (secondary N) is 2. The number of halogens is 1. The second-order valence-electron chi connectivity index (χ2n) is 5.89. The molecular formula is C21H20FN3O2. The number of hydrogen-bond acceptors (Lipinski definition) is 4. The molecular weight excluding hydrogens is 345 g/mol. The van der Waals surface area contributed by atoms with Crippen LogP contribution in [0, 0.1) is 5.82 Å². The molecule has 0 aliphatic rings. The Kier molecular flexibility index (Phi) is 5.99. The Morgan fingerprint density at radius 3 is 2.78 bits per heavy atom. The van der Waals surface area contributed by atoms with Crippen LogP contribution in [0.15, 0.2) is 66.9 Å². The highest BCUT2D eigenvalue weighted by Crippen LogP contribution is 2.18. The van der Waals surface area contributed by atoms with Gasteiger partial charge in [-0.15, -0.1) is 0 Å². The van der Waals surface area contributed by atoms with Gasteiger partial charge >= 0.3 is 0 Å². The Bertz CT molecular complexity index is 931. The highest BCUT2D eigenvalue weighted by Gasteiger charge is 2.08. The van der Waals surface area contributed by atoms with Crippen molar-refractivity contribution in [1.82, 2.24) is 10.3 Å². The van der Waals surface area contributed by atoms with Crippen molar-refractivity contribution in [2.75, 3.05) is 19.0 Å². The van der Waals surface area contributed by atoms with Crippen molar-refractivity contribution in [3.05, 3.63) is 83.8 Å². The zero-order valence-electron chi connectivity index (χ0n) is 14.9. The summed E-state index contributed by atoms with van der Waals surface area (Å²) in [6, 6.07) is 17.2. The molecule has 0 fully saturated rings. The number of para-hydroxylation sites is 1. The number of amides is 1. The number of nitrogens with zero attached hydrogens (tertiary/aromatic N) is 1. The second-order valence-corrected chi connectivity index (χ2v) is 5.89. The van der Waals surface area contributed by atoms with Crippen molar-refractivity contribution in [3.8, 4) is 5.75 Å². The molecule has 1 heterocycles. The van der Waals surface area contributed by atoms with Crippen molar-refractivity contribution in [2.45, 2.75) is 6.42 Å². The molecule has 1 amide bonds. The normalized spacial score (nSPS) is 10.3. The van der Waals surface area contributed by atoms with Gasteiger partial charge in [-0.2, -0.15) is 0 Å². The molecule has 27 heavy (non-hydrogen) atoms. The minimum atomic E-state index is -0.382. The van der Waals surface area contributed by atoms with E-state index >= 15 is 0 Å². The molecule has 6 heteroatoms. The Morgan fingerprint density at radius 2 is 1.96 bits per heavy atom. The predicted octanol–water partition coefficient (Wildman–Crippen LogP) is 3.95. The number of rotatable bonds is 7. The molecule has 0 aliphatic heterocycles. The van der Waals surface area contributed by atoms with E-state index in [9.17, 15) is 9.18 Å². The smallest absolute Gasteiger partial charge is 0.251 e. The summed E-state index contributed by atoms with van der Waals surface area (Å²) < 4.78 is 18.9. The molecule has 2 aromatic carbocycles. The van der Waals surface area contributed by atoms with E-state index in [1.54, 1.807) is 37.4 Å². The number of aromatic nitrogens is 1. The third kappa shape index (κ3) is 5.04. The third-order valence-corrected chi connectivity index (χ3v) is 3.99. The van der Waals surface area contributed by atoms with Gasteiger partial charge in [-0.25, -0.2) is 9.37 Å². The molecule has 2 N–H and O–H groups in total. The number of methoxy groups -OCH3 is 1. The standard InChI is InChI=1S/C21H20FN3O2/c1-27-17-6-4-5-15(13-17)9-11-24-21(26)16-10-12-23-20(14-16)25-19-8-3-2-7-18(19)22/h2-8,10,12-14H,9,11H2,1H3,(H,23,25)(H,24,26). The first-order valence-corrected chi connectivity index (χ1v) is 8.54. The number of carbonyl (C=O) groups is 1. The molecule has 0 aliphatic carbocycles. The SMILES string of the molecule is COc1cccc(CCNC(=O)c2ccnc(Nc3ccccc3F)c2)c1. The lowest BCUT2D eigenvalue weighted by Crippen LogP contribution is -2.25. The fourth-order valence-corrected chi connectivity index (χ4v) is 2.59. The van der Waals surface area contributed by atoms with Crippen molar-refractivity contribution in [3.63, 3.8) is 0 Å². The fraction of sp³-hybridized carbons (Fsp3) is 0.143. The molecule has 0 spiro atoms. The number of anilines is 2. The molecule has 3 aromatic rings. The zero-order valence-corrected chi connectivity index (χ0v) is 14.9. The quantitative estimate of drug-likeness (QED) is 0.666. The third-order valence-electron chi connectivity index (χ3n) is 3.99. The van der Waals surface area contributed by atoms with Crippen LogP contribution in [-0.4, -0.2) is 24.5 Å². The van der Waals surface area contributed by atoms with Gasteiger partial charge in [0.2, 0.25) is 0 Å². The molecule has 0 saturated heterocycles. The van der Waals surface area contributed by atoms with Crippen molar-refractivity contribution >= 4 is 17.4 Å². The van der Waals surface area contributed by atoms with Gasteiger partial charge in [0.15, 0.2) is 0 Å². The van der Waals surface area contributed by atoms with Crippen LogP contribution in [0.1, 0.15) is 15.9 Å².